The summed E-state index contributed by atoms with van der Waals surface area (Å²) in [5, 5.41) is 17.0. The molecule has 21 heavy (non-hydrogen) atoms. The zero-order chi connectivity index (χ0) is 15.6. The maximum Gasteiger partial charge on any atom is 0.329 e. The van der Waals surface area contributed by atoms with E-state index in [1.807, 2.05) is 0 Å². The molecule has 0 aliphatic rings. The third-order valence-electron chi connectivity index (χ3n) is 2.44. The van der Waals surface area contributed by atoms with E-state index in [1.165, 1.54) is 7.05 Å². The molecule has 0 unspecified atom stereocenters. The molecule has 1 heterocycles. The highest BCUT2D eigenvalue weighted by atomic mass is 35.5. The lowest BCUT2D eigenvalue weighted by atomic mass is 10.3. The lowest BCUT2D eigenvalue weighted by Gasteiger charge is -2.08. The molecule has 0 saturated carbocycles. The van der Waals surface area contributed by atoms with Gasteiger partial charge in [-0.25, -0.2) is 4.98 Å². The summed E-state index contributed by atoms with van der Waals surface area (Å²) in [7, 11) is 1.52. The van der Waals surface area contributed by atoms with Gasteiger partial charge in [-0.15, -0.1) is 0 Å². The van der Waals surface area contributed by atoms with Crippen molar-refractivity contribution < 1.29 is 4.92 Å². The van der Waals surface area contributed by atoms with Crippen LogP contribution in [0.1, 0.15) is 0 Å². The third kappa shape index (κ3) is 3.44. The molecule has 0 radical (unpaired) electrons. The van der Waals surface area contributed by atoms with Crippen molar-refractivity contribution in [2.24, 2.45) is 0 Å². The van der Waals surface area contributed by atoms with Crippen LogP contribution in [-0.4, -0.2) is 21.9 Å². The van der Waals surface area contributed by atoms with E-state index >= 15 is 0 Å². The van der Waals surface area contributed by atoms with E-state index in [2.05, 4.69) is 20.6 Å². The number of nitrogens with one attached hydrogen (secondary N) is 2. The van der Waals surface area contributed by atoms with Crippen LogP contribution in [0.25, 0.3) is 0 Å². The van der Waals surface area contributed by atoms with Crippen LogP contribution in [-0.2, 0) is 0 Å². The van der Waals surface area contributed by atoms with E-state index < -0.39 is 4.92 Å². The second-order valence-corrected chi connectivity index (χ2v) is 5.01. The fourth-order valence-electron chi connectivity index (χ4n) is 1.51. The number of benzene rings is 1. The molecule has 1 aromatic carbocycles. The maximum absolute atomic E-state index is 10.8. The van der Waals surface area contributed by atoms with Crippen LogP contribution < -0.4 is 10.6 Å². The molecule has 0 saturated heterocycles. The Morgan fingerprint density at radius 2 is 1.86 bits per heavy atom. The van der Waals surface area contributed by atoms with Gasteiger partial charge in [0.1, 0.15) is 6.20 Å². The van der Waals surface area contributed by atoms with Gasteiger partial charge in [-0.05, 0) is 12.1 Å². The highest BCUT2D eigenvalue weighted by Crippen LogP contribution is 2.34. The van der Waals surface area contributed by atoms with E-state index in [0.717, 1.165) is 6.20 Å². The van der Waals surface area contributed by atoms with Gasteiger partial charge in [0.25, 0.3) is 0 Å². The third-order valence-corrected chi connectivity index (χ3v) is 3.64. The summed E-state index contributed by atoms with van der Waals surface area (Å²) in [6.45, 7) is 0. The number of rotatable bonds is 4. The summed E-state index contributed by atoms with van der Waals surface area (Å²) in [4.78, 5) is 18.1. The van der Waals surface area contributed by atoms with Crippen molar-refractivity contribution in [3.63, 3.8) is 0 Å². The fourth-order valence-corrected chi connectivity index (χ4v) is 2.11. The standard InChI is InChI=1S/C11H8Cl3N5O2/c1-15-10-8(19(20)21)4-16-11(18-10)17-5-2-6(12)9(14)7(13)3-5/h2-4H,1H3,(H2,15,16,17,18). The van der Waals surface area contributed by atoms with Crippen molar-refractivity contribution >= 4 is 57.9 Å². The molecule has 1 aromatic heterocycles. The quantitative estimate of drug-likeness (QED) is 0.490. The largest absolute Gasteiger partial charge is 0.367 e. The molecule has 2 N–H and O–H groups in total. The highest BCUT2D eigenvalue weighted by Gasteiger charge is 2.16. The molecular weight excluding hydrogens is 341 g/mol. The highest BCUT2D eigenvalue weighted by molar-refractivity contribution is 6.48. The molecular formula is C11H8Cl3N5O2. The minimum Gasteiger partial charge on any atom is -0.367 e. The zero-order valence-corrected chi connectivity index (χ0v) is 12.8. The lowest BCUT2D eigenvalue weighted by molar-refractivity contribution is -0.384. The first kappa shape index (κ1) is 15.6. The van der Waals surface area contributed by atoms with Crippen molar-refractivity contribution in [2.45, 2.75) is 0 Å². The number of hydrogen-bond acceptors (Lipinski definition) is 6. The van der Waals surface area contributed by atoms with Gasteiger partial charge >= 0.3 is 5.69 Å². The number of aromatic nitrogens is 2. The predicted molar refractivity (Wildman–Crippen MR) is 83.0 cm³/mol. The van der Waals surface area contributed by atoms with E-state index in [9.17, 15) is 10.1 Å². The van der Waals surface area contributed by atoms with Gasteiger partial charge in [0, 0.05) is 12.7 Å². The molecule has 0 fully saturated rings. The Balaban J connectivity index is 2.34. The number of anilines is 3. The summed E-state index contributed by atoms with van der Waals surface area (Å²) < 4.78 is 0. The topological polar surface area (TPSA) is 93.0 Å². The Hall–Kier alpha value is -1.83. The van der Waals surface area contributed by atoms with Crippen molar-refractivity contribution in [1.29, 1.82) is 0 Å². The van der Waals surface area contributed by atoms with Crippen LogP contribution in [0.4, 0.5) is 23.1 Å². The molecule has 0 amide bonds. The summed E-state index contributed by atoms with van der Waals surface area (Å²) in [5.41, 5.74) is 0.278. The molecule has 110 valence electrons. The van der Waals surface area contributed by atoms with Gasteiger partial charge in [0.05, 0.1) is 20.0 Å². The molecule has 2 aromatic rings. The van der Waals surface area contributed by atoms with E-state index in [4.69, 9.17) is 34.8 Å². The van der Waals surface area contributed by atoms with Gasteiger partial charge in [0.15, 0.2) is 0 Å². The van der Waals surface area contributed by atoms with Crippen LogP contribution in [0, 0.1) is 10.1 Å². The van der Waals surface area contributed by atoms with Crippen LogP contribution in [0.5, 0.6) is 0 Å². The average molecular weight is 349 g/mol. The summed E-state index contributed by atoms with van der Waals surface area (Å²) in [6, 6.07) is 3.08. The summed E-state index contributed by atoms with van der Waals surface area (Å²) in [6.07, 6.45) is 1.10. The molecule has 0 atom stereocenters. The first-order valence-electron chi connectivity index (χ1n) is 5.53. The molecule has 0 spiro atoms. The van der Waals surface area contributed by atoms with Crippen LogP contribution >= 0.6 is 34.8 Å². The molecule has 7 nitrogen and oxygen atoms in total. The molecule has 10 heteroatoms. The minimum absolute atomic E-state index is 0.0867. The Morgan fingerprint density at radius 1 is 1.24 bits per heavy atom. The Bertz CT molecular complexity index is 687. The SMILES string of the molecule is CNc1nc(Nc2cc(Cl)c(Cl)c(Cl)c2)ncc1[N+](=O)[O-]. The Kier molecular flexibility index (Phi) is 4.66. The lowest BCUT2D eigenvalue weighted by Crippen LogP contribution is -2.04. The van der Waals surface area contributed by atoms with Crippen LogP contribution in [0.2, 0.25) is 15.1 Å². The summed E-state index contributed by atoms with van der Waals surface area (Å²) in [5.74, 6) is 0.239. The Morgan fingerprint density at radius 3 is 2.38 bits per heavy atom. The average Bonchev–Trinajstić information content (AvgIpc) is 2.44. The van der Waals surface area contributed by atoms with Crippen molar-refractivity contribution in [1.82, 2.24) is 9.97 Å². The van der Waals surface area contributed by atoms with Crippen molar-refractivity contribution in [3.05, 3.63) is 43.5 Å². The number of halogens is 3. The van der Waals surface area contributed by atoms with Gasteiger partial charge in [0.2, 0.25) is 11.8 Å². The molecule has 0 aliphatic heterocycles. The van der Waals surface area contributed by atoms with E-state index in [0.29, 0.717) is 5.69 Å². The first-order chi connectivity index (χ1) is 9.92. The monoisotopic (exact) mass is 347 g/mol. The minimum atomic E-state index is -0.578. The van der Waals surface area contributed by atoms with Gasteiger partial charge in [-0.1, -0.05) is 34.8 Å². The first-order valence-corrected chi connectivity index (χ1v) is 6.66. The van der Waals surface area contributed by atoms with Crippen molar-refractivity contribution in [2.75, 3.05) is 17.7 Å². The fraction of sp³-hybridized carbons (Fsp3) is 0.0909. The number of nitrogens with zero attached hydrogens (tertiary/aromatic N) is 3. The Labute approximate surface area is 134 Å². The van der Waals surface area contributed by atoms with E-state index in [-0.39, 0.29) is 32.5 Å². The van der Waals surface area contributed by atoms with Gasteiger partial charge in [-0.3, -0.25) is 10.1 Å². The second kappa shape index (κ2) is 6.30. The molecule has 0 bridgehead atoms. The normalized spacial score (nSPS) is 10.3. The van der Waals surface area contributed by atoms with Gasteiger partial charge in [-0.2, -0.15) is 4.98 Å². The van der Waals surface area contributed by atoms with Crippen molar-refractivity contribution in [3.8, 4) is 0 Å². The van der Waals surface area contributed by atoms with E-state index in [1.54, 1.807) is 12.1 Å². The predicted octanol–water partition coefficient (Wildman–Crippen LogP) is 4.13. The van der Waals surface area contributed by atoms with Gasteiger partial charge < -0.3 is 10.6 Å². The second-order valence-electron chi connectivity index (χ2n) is 3.81. The number of nitro groups is 1. The summed E-state index contributed by atoms with van der Waals surface area (Å²) >= 11 is 17.7. The van der Waals surface area contributed by atoms with Crippen LogP contribution in [0.3, 0.4) is 0 Å². The zero-order valence-electron chi connectivity index (χ0n) is 10.5. The number of hydrogen-bond donors (Lipinski definition) is 2. The molecule has 2 rings (SSSR count). The maximum atomic E-state index is 10.8. The molecule has 0 aliphatic carbocycles. The van der Waals surface area contributed by atoms with Crippen LogP contribution in [0.15, 0.2) is 18.3 Å². The smallest absolute Gasteiger partial charge is 0.329 e.